The topological polar surface area (TPSA) is 15.3 Å². The maximum Gasteiger partial charge on any atom is 0.128 e. The highest BCUT2D eigenvalue weighted by molar-refractivity contribution is 9.10. The Hall–Kier alpha value is -0.450. The standard InChI is InChI=1S/C17H26BrFN2/c1-4-12(3)17-9-20-15(5-2)11-21(17)10-13-6-7-14(18)8-16(13)19/h6-8,12,15,17,20H,4-5,9-11H2,1-3H3. The fourth-order valence-corrected chi connectivity index (χ4v) is 3.39. The molecule has 1 aliphatic rings. The van der Waals surface area contributed by atoms with Crippen molar-refractivity contribution in [2.24, 2.45) is 5.92 Å². The molecule has 2 nitrogen and oxygen atoms in total. The summed E-state index contributed by atoms with van der Waals surface area (Å²) in [6.45, 7) is 9.44. The van der Waals surface area contributed by atoms with Gasteiger partial charge in [0.05, 0.1) is 0 Å². The minimum absolute atomic E-state index is 0.112. The first-order valence-electron chi connectivity index (χ1n) is 7.96. The molecule has 1 N–H and O–H groups in total. The van der Waals surface area contributed by atoms with Crippen molar-refractivity contribution in [1.82, 2.24) is 10.2 Å². The summed E-state index contributed by atoms with van der Waals surface area (Å²) < 4.78 is 14.9. The minimum atomic E-state index is -0.112. The molecule has 1 aliphatic heterocycles. The van der Waals surface area contributed by atoms with Crippen molar-refractivity contribution in [3.05, 3.63) is 34.1 Å². The lowest BCUT2D eigenvalue weighted by Crippen LogP contribution is -2.57. The number of nitrogens with zero attached hydrogens (tertiary/aromatic N) is 1. The summed E-state index contributed by atoms with van der Waals surface area (Å²) in [5, 5.41) is 3.63. The first-order chi connectivity index (χ1) is 10.0. The van der Waals surface area contributed by atoms with Gasteiger partial charge >= 0.3 is 0 Å². The molecule has 1 aromatic rings. The van der Waals surface area contributed by atoms with Crippen LogP contribution in [-0.4, -0.2) is 30.1 Å². The molecular formula is C17H26BrFN2. The monoisotopic (exact) mass is 356 g/mol. The molecule has 4 heteroatoms. The van der Waals surface area contributed by atoms with E-state index in [-0.39, 0.29) is 5.82 Å². The molecule has 2 rings (SSSR count). The van der Waals surface area contributed by atoms with Crippen molar-refractivity contribution in [3.63, 3.8) is 0 Å². The maximum absolute atomic E-state index is 14.1. The Bertz CT molecular complexity index is 466. The fourth-order valence-electron chi connectivity index (χ4n) is 3.06. The van der Waals surface area contributed by atoms with Gasteiger partial charge < -0.3 is 5.32 Å². The predicted octanol–water partition coefficient (Wildman–Crippen LogP) is 4.19. The van der Waals surface area contributed by atoms with Crippen LogP contribution in [0.25, 0.3) is 0 Å². The van der Waals surface area contributed by atoms with Gasteiger partial charge in [0, 0.05) is 41.8 Å². The summed E-state index contributed by atoms with van der Waals surface area (Å²) in [6, 6.07) is 6.39. The van der Waals surface area contributed by atoms with E-state index < -0.39 is 0 Å². The molecule has 21 heavy (non-hydrogen) atoms. The van der Waals surface area contributed by atoms with E-state index in [1.807, 2.05) is 12.1 Å². The van der Waals surface area contributed by atoms with E-state index in [1.54, 1.807) is 6.07 Å². The average molecular weight is 357 g/mol. The lowest BCUT2D eigenvalue weighted by Gasteiger charge is -2.43. The summed E-state index contributed by atoms with van der Waals surface area (Å²) in [5.74, 6) is 0.507. The number of halogens is 2. The highest BCUT2D eigenvalue weighted by atomic mass is 79.9. The molecular weight excluding hydrogens is 331 g/mol. The lowest BCUT2D eigenvalue weighted by atomic mass is 9.93. The molecule has 3 atom stereocenters. The molecule has 0 amide bonds. The first-order valence-corrected chi connectivity index (χ1v) is 8.75. The van der Waals surface area contributed by atoms with Crippen molar-refractivity contribution < 1.29 is 4.39 Å². The Morgan fingerprint density at radius 2 is 2.19 bits per heavy atom. The third-order valence-electron chi connectivity index (χ3n) is 4.72. The van der Waals surface area contributed by atoms with Crippen LogP contribution in [0.2, 0.25) is 0 Å². The van der Waals surface area contributed by atoms with E-state index in [0.717, 1.165) is 36.0 Å². The highest BCUT2D eigenvalue weighted by Crippen LogP contribution is 2.23. The third kappa shape index (κ3) is 4.27. The second-order valence-electron chi connectivity index (χ2n) is 6.13. The number of nitrogens with one attached hydrogen (secondary N) is 1. The second kappa shape index (κ2) is 7.70. The van der Waals surface area contributed by atoms with Crippen LogP contribution in [0.4, 0.5) is 4.39 Å². The zero-order chi connectivity index (χ0) is 15.4. The van der Waals surface area contributed by atoms with Gasteiger partial charge in [0.15, 0.2) is 0 Å². The smallest absolute Gasteiger partial charge is 0.128 e. The van der Waals surface area contributed by atoms with E-state index >= 15 is 0 Å². The Morgan fingerprint density at radius 1 is 1.43 bits per heavy atom. The van der Waals surface area contributed by atoms with Crippen LogP contribution in [0.3, 0.4) is 0 Å². The summed E-state index contributed by atoms with van der Waals surface area (Å²) in [6.07, 6.45) is 2.27. The number of rotatable bonds is 5. The van der Waals surface area contributed by atoms with E-state index in [9.17, 15) is 4.39 Å². The van der Waals surface area contributed by atoms with Crippen LogP contribution in [0.1, 0.15) is 39.2 Å². The Kier molecular flexibility index (Phi) is 6.20. The number of hydrogen-bond donors (Lipinski definition) is 1. The molecule has 118 valence electrons. The average Bonchev–Trinajstić information content (AvgIpc) is 2.49. The number of hydrogen-bond acceptors (Lipinski definition) is 2. The first kappa shape index (κ1) is 16.9. The molecule has 1 fully saturated rings. The zero-order valence-electron chi connectivity index (χ0n) is 13.2. The van der Waals surface area contributed by atoms with Crippen molar-refractivity contribution in [2.45, 2.75) is 52.2 Å². The van der Waals surface area contributed by atoms with Gasteiger partial charge in [-0.05, 0) is 24.5 Å². The van der Waals surface area contributed by atoms with E-state index in [0.29, 0.717) is 24.5 Å². The minimum Gasteiger partial charge on any atom is -0.311 e. The number of benzene rings is 1. The molecule has 0 aliphatic carbocycles. The van der Waals surface area contributed by atoms with Gasteiger partial charge in [0.1, 0.15) is 5.82 Å². The van der Waals surface area contributed by atoms with Crippen LogP contribution < -0.4 is 5.32 Å². The molecule has 0 spiro atoms. The SMILES string of the molecule is CCC1CN(Cc2ccc(Br)cc2F)C(C(C)CC)CN1. The van der Waals surface area contributed by atoms with Gasteiger partial charge in [-0.3, -0.25) is 4.90 Å². The van der Waals surface area contributed by atoms with Gasteiger partial charge in [-0.25, -0.2) is 4.39 Å². The van der Waals surface area contributed by atoms with Crippen molar-refractivity contribution in [3.8, 4) is 0 Å². The summed E-state index contributed by atoms with van der Waals surface area (Å²) in [5.41, 5.74) is 0.795. The molecule has 0 aromatic heterocycles. The quantitative estimate of drug-likeness (QED) is 0.850. The molecule has 1 saturated heterocycles. The second-order valence-corrected chi connectivity index (χ2v) is 7.05. The maximum atomic E-state index is 14.1. The molecule has 1 heterocycles. The fraction of sp³-hybridized carbons (Fsp3) is 0.647. The number of piperazine rings is 1. The van der Waals surface area contributed by atoms with Gasteiger partial charge in [-0.15, -0.1) is 0 Å². The van der Waals surface area contributed by atoms with E-state index in [4.69, 9.17) is 0 Å². The molecule has 0 bridgehead atoms. The van der Waals surface area contributed by atoms with Crippen LogP contribution >= 0.6 is 15.9 Å². The van der Waals surface area contributed by atoms with Crippen LogP contribution in [0.15, 0.2) is 22.7 Å². The normalized spacial score (nSPS) is 25.0. The van der Waals surface area contributed by atoms with Gasteiger partial charge in [-0.2, -0.15) is 0 Å². The van der Waals surface area contributed by atoms with Gasteiger partial charge in [0.2, 0.25) is 0 Å². The van der Waals surface area contributed by atoms with Crippen LogP contribution in [0, 0.1) is 11.7 Å². The van der Waals surface area contributed by atoms with Crippen LogP contribution in [-0.2, 0) is 6.54 Å². The Labute approximate surface area is 136 Å². The van der Waals surface area contributed by atoms with Crippen molar-refractivity contribution >= 4 is 15.9 Å². The Balaban J connectivity index is 2.15. The molecule has 0 saturated carbocycles. The summed E-state index contributed by atoms with van der Waals surface area (Å²) in [4.78, 5) is 2.46. The van der Waals surface area contributed by atoms with Gasteiger partial charge in [-0.1, -0.05) is 49.2 Å². The highest BCUT2D eigenvalue weighted by Gasteiger charge is 2.30. The summed E-state index contributed by atoms with van der Waals surface area (Å²) in [7, 11) is 0. The van der Waals surface area contributed by atoms with Crippen molar-refractivity contribution in [1.29, 1.82) is 0 Å². The summed E-state index contributed by atoms with van der Waals surface area (Å²) >= 11 is 3.32. The third-order valence-corrected chi connectivity index (χ3v) is 5.21. The molecule has 0 radical (unpaired) electrons. The van der Waals surface area contributed by atoms with Gasteiger partial charge in [0.25, 0.3) is 0 Å². The predicted molar refractivity (Wildman–Crippen MR) is 89.8 cm³/mol. The van der Waals surface area contributed by atoms with E-state index in [1.165, 1.54) is 0 Å². The molecule has 1 aromatic carbocycles. The van der Waals surface area contributed by atoms with Crippen molar-refractivity contribution in [2.75, 3.05) is 13.1 Å². The van der Waals surface area contributed by atoms with E-state index in [2.05, 4.69) is 46.9 Å². The molecule has 3 unspecified atom stereocenters. The van der Waals surface area contributed by atoms with Crippen LogP contribution in [0.5, 0.6) is 0 Å². The lowest BCUT2D eigenvalue weighted by molar-refractivity contribution is 0.0822. The zero-order valence-corrected chi connectivity index (χ0v) is 14.8. The Morgan fingerprint density at radius 3 is 2.81 bits per heavy atom. The largest absolute Gasteiger partial charge is 0.311 e.